The van der Waals surface area contributed by atoms with Crippen molar-refractivity contribution in [2.45, 2.75) is 45.4 Å². The molecule has 106 valence electrons. The van der Waals surface area contributed by atoms with Gasteiger partial charge in [-0.2, -0.15) is 0 Å². The second-order valence-electron chi connectivity index (χ2n) is 5.99. The maximum atomic E-state index is 13.4. The van der Waals surface area contributed by atoms with Gasteiger partial charge in [0.2, 0.25) is 0 Å². The number of rotatable bonds is 4. The molecule has 0 bridgehead atoms. The lowest BCUT2D eigenvalue weighted by atomic mass is 9.82. The zero-order chi connectivity index (χ0) is 13.7. The van der Waals surface area contributed by atoms with Gasteiger partial charge in [0.15, 0.2) is 0 Å². The van der Waals surface area contributed by atoms with Gasteiger partial charge in [-0.05, 0) is 74.9 Å². The summed E-state index contributed by atoms with van der Waals surface area (Å²) in [7, 11) is 2.04. The molecule has 2 rings (SSSR count). The fourth-order valence-corrected chi connectivity index (χ4v) is 3.40. The van der Waals surface area contributed by atoms with E-state index in [1.165, 1.54) is 43.2 Å². The van der Waals surface area contributed by atoms with E-state index in [1.54, 1.807) is 12.1 Å². The summed E-state index contributed by atoms with van der Waals surface area (Å²) >= 11 is 0. The molecule has 0 heterocycles. The average Bonchev–Trinajstić information content (AvgIpc) is 2.60. The smallest absolute Gasteiger partial charge is 0.123 e. The normalized spacial score (nSPS) is 24.2. The fraction of sp³-hybridized carbons (Fsp3) is 0.647. The summed E-state index contributed by atoms with van der Waals surface area (Å²) in [5.74, 6) is 1.35. The van der Waals surface area contributed by atoms with E-state index in [0.29, 0.717) is 5.92 Å². The summed E-state index contributed by atoms with van der Waals surface area (Å²) in [4.78, 5) is 0. The quantitative estimate of drug-likeness (QED) is 0.807. The number of benzene rings is 1. The fourth-order valence-electron chi connectivity index (χ4n) is 3.40. The molecule has 1 aromatic carbocycles. The molecule has 2 heteroatoms. The molecule has 0 spiro atoms. The van der Waals surface area contributed by atoms with Crippen molar-refractivity contribution in [2.24, 2.45) is 11.8 Å². The van der Waals surface area contributed by atoms with E-state index in [0.717, 1.165) is 18.9 Å². The Balaban J connectivity index is 2.11. The van der Waals surface area contributed by atoms with Gasteiger partial charge in [0.25, 0.3) is 0 Å². The van der Waals surface area contributed by atoms with Gasteiger partial charge in [-0.1, -0.05) is 25.3 Å². The van der Waals surface area contributed by atoms with Gasteiger partial charge < -0.3 is 5.32 Å². The molecule has 0 amide bonds. The van der Waals surface area contributed by atoms with Crippen LogP contribution in [0.2, 0.25) is 0 Å². The van der Waals surface area contributed by atoms with Crippen LogP contribution in [0, 0.1) is 24.6 Å². The Labute approximate surface area is 116 Å². The van der Waals surface area contributed by atoms with E-state index in [1.807, 2.05) is 13.1 Å². The van der Waals surface area contributed by atoms with Crippen LogP contribution in [-0.2, 0) is 6.42 Å². The lowest BCUT2D eigenvalue weighted by Gasteiger charge is -2.25. The zero-order valence-corrected chi connectivity index (χ0v) is 12.2. The van der Waals surface area contributed by atoms with Crippen molar-refractivity contribution >= 4 is 0 Å². The number of hydrogen-bond donors (Lipinski definition) is 1. The minimum Gasteiger partial charge on any atom is -0.319 e. The Morgan fingerprint density at radius 1 is 1.16 bits per heavy atom. The van der Waals surface area contributed by atoms with E-state index in [4.69, 9.17) is 0 Å². The van der Waals surface area contributed by atoms with Crippen LogP contribution in [0.15, 0.2) is 18.2 Å². The Kier molecular flexibility index (Phi) is 5.38. The van der Waals surface area contributed by atoms with Gasteiger partial charge in [-0.25, -0.2) is 4.39 Å². The average molecular weight is 263 g/mol. The monoisotopic (exact) mass is 263 g/mol. The highest BCUT2D eigenvalue weighted by Gasteiger charge is 2.23. The minimum absolute atomic E-state index is 0.0978. The topological polar surface area (TPSA) is 12.0 Å². The first-order valence-corrected chi connectivity index (χ1v) is 7.60. The van der Waals surface area contributed by atoms with Crippen LogP contribution in [0.5, 0.6) is 0 Å². The summed E-state index contributed by atoms with van der Waals surface area (Å²) in [5.41, 5.74) is 2.43. The van der Waals surface area contributed by atoms with Gasteiger partial charge >= 0.3 is 0 Å². The summed E-state index contributed by atoms with van der Waals surface area (Å²) < 4.78 is 13.4. The molecular weight excluding hydrogens is 237 g/mol. The summed E-state index contributed by atoms with van der Waals surface area (Å²) in [5, 5.41) is 3.33. The van der Waals surface area contributed by atoms with E-state index >= 15 is 0 Å². The van der Waals surface area contributed by atoms with Crippen LogP contribution >= 0.6 is 0 Å². The number of hydrogen-bond acceptors (Lipinski definition) is 1. The van der Waals surface area contributed by atoms with Crippen LogP contribution in [0.25, 0.3) is 0 Å². The van der Waals surface area contributed by atoms with E-state index in [9.17, 15) is 4.39 Å². The molecular formula is C17H26FN. The van der Waals surface area contributed by atoms with Crippen molar-refractivity contribution in [3.8, 4) is 0 Å². The molecule has 2 atom stereocenters. The second-order valence-corrected chi connectivity index (χ2v) is 5.99. The summed E-state index contributed by atoms with van der Waals surface area (Å²) in [6, 6.07) is 5.21. The van der Waals surface area contributed by atoms with E-state index in [2.05, 4.69) is 12.2 Å². The van der Waals surface area contributed by atoms with Gasteiger partial charge in [0.1, 0.15) is 5.82 Å². The van der Waals surface area contributed by atoms with Gasteiger partial charge in [0.05, 0.1) is 0 Å². The van der Waals surface area contributed by atoms with Crippen LogP contribution in [0.1, 0.15) is 43.2 Å². The van der Waals surface area contributed by atoms with Crippen LogP contribution in [-0.4, -0.2) is 13.6 Å². The van der Waals surface area contributed by atoms with Crippen molar-refractivity contribution in [2.75, 3.05) is 13.6 Å². The third-order valence-corrected chi connectivity index (χ3v) is 4.58. The lowest BCUT2D eigenvalue weighted by Crippen LogP contribution is -2.26. The molecule has 0 radical (unpaired) electrons. The highest BCUT2D eigenvalue weighted by Crippen LogP contribution is 2.31. The van der Waals surface area contributed by atoms with Crippen molar-refractivity contribution in [1.29, 1.82) is 0 Å². The molecule has 1 nitrogen and oxygen atoms in total. The molecule has 1 aliphatic carbocycles. The first kappa shape index (κ1) is 14.5. The minimum atomic E-state index is -0.0978. The van der Waals surface area contributed by atoms with Gasteiger partial charge in [0, 0.05) is 0 Å². The zero-order valence-electron chi connectivity index (χ0n) is 12.2. The molecule has 1 saturated carbocycles. The van der Waals surface area contributed by atoms with Crippen molar-refractivity contribution in [1.82, 2.24) is 5.32 Å². The van der Waals surface area contributed by atoms with Gasteiger partial charge in [-0.3, -0.25) is 0 Å². The number of aryl methyl sites for hydroxylation is 1. The molecule has 2 unspecified atom stereocenters. The molecule has 0 aromatic heterocycles. The largest absolute Gasteiger partial charge is 0.319 e. The molecule has 19 heavy (non-hydrogen) atoms. The maximum Gasteiger partial charge on any atom is 0.123 e. The Bertz CT molecular complexity index is 402. The predicted octanol–water partition coefficient (Wildman–Crippen LogP) is 4.09. The first-order chi connectivity index (χ1) is 9.20. The second kappa shape index (κ2) is 7.04. The highest BCUT2D eigenvalue weighted by atomic mass is 19.1. The summed E-state index contributed by atoms with van der Waals surface area (Å²) in [6.07, 6.45) is 7.70. The SMILES string of the molecule is CNCC1CCCCCC1Cc1cc(F)ccc1C. The Morgan fingerprint density at radius 3 is 2.63 bits per heavy atom. The highest BCUT2D eigenvalue weighted by molar-refractivity contribution is 5.27. The Morgan fingerprint density at radius 2 is 1.89 bits per heavy atom. The van der Waals surface area contributed by atoms with Crippen LogP contribution in [0.4, 0.5) is 4.39 Å². The summed E-state index contributed by atoms with van der Waals surface area (Å²) in [6.45, 7) is 3.19. The van der Waals surface area contributed by atoms with Crippen molar-refractivity contribution in [3.63, 3.8) is 0 Å². The van der Waals surface area contributed by atoms with Crippen LogP contribution < -0.4 is 5.32 Å². The molecule has 1 aromatic rings. The standard InChI is InChI=1S/C17H26FN/c1-13-8-9-17(18)11-16(13)10-14-6-4-3-5-7-15(14)12-19-2/h8-9,11,14-15,19H,3-7,10,12H2,1-2H3. The molecule has 1 N–H and O–H groups in total. The lowest BCUT2D eigenvalue weighted by molar-refractivity contribution is 0.303. The van der Waals surface area contributed by atoms with E-state index in [-0.39, 0.29) is 5.82 Å². The molecule has 0 saturated heterocycles. The molecule has 1 aliphatic rings. The third-order valence-electron chi connectivity index (χ3n) is 4.58. The van der Waals surface area contributed by atoms with Crippen molar-refractivity contribution < 1.29 is 4.39 Å². The predicted molar refractivity (Wildman–Crippen MR) is 78.8 cm³/mol. The number of halogens is 1. The third kappa shape index (κ3) is 4.04. The maximum absolute atomic E-state index is 13.4. The van der Waals surface area contributed by atoms with Crippen molar-refractivity contribution in [3.05, 3.63) is 35.1 Å². The first-order valence-electron chi connectivity index (χ1n) is 7.60. The van der Waals surface area contributed by atoms with Crippen LogP contribution in [0.3, 0.4) is 0 Å². The molecule has 0 aliphatic heterocycles. The Hall–Kier alpha value is -0.890. The molecule has 1 fully saturated rings. The van der Waals surface area contributed by atoms with E-state index < -0.39 is 0 Å². The number of nitrogens with one attached hydrogen (secondary N) is 1. The van der Waals surface area contributed by atoms with Gasteiger partial charge in [-0.15, -0.1) is 0 Å².